The van der Waals surface area contributed by atoms with E-state index in [1.165, 1.54) is 6.42 Å². The third-order valence-corrected chi connectivity index (χ3v) is 6.70. The number of pyridine rings is 1. The summed E-state index contributed by atoms with van der Waals surface area (Å²) in [6.07, 6.45) is 8.74. The number of nitrogens with zero attached hydrogens (tertiary/aromatic N) is 2. The topological polar surface area (TPSA) is 71.5 Å². The molecule has 6 heteroatoms. The molecule has 6 nitrogen and oxygen atoms in total. The summed E-state index contributed by atoms with van der Waals surface area (Å²) in [7, 11) is 0. The van der Waals surface area contributed by atoms with E-state index in [1.54, 1.807) is 24.5 Å². The monoisotopic (exact) mass is 421 g/mol. The van der Waals surface area contributed by atoms with Gasteiger partial charge in [0.2, 0.25) is 5.91 Å². The smallest absolute Gasteiger partial charge is 0.254 e. The highest BCUT2D eigenvalue weighted by molar-refractivity contribution is 5.95. The largest absolute Gasteiger partial charge is 0.494 e. The fraction of sp³-hybridized carbons (Fsp3) is 0.480. The van der Waals surface area contributed by atoms with Crippen LogP contribution in [0.3, 0.4) is 0 Å². The van der Waals surface area contributed by atoms with Gasteiger partial charge in [-0.3, -0.25) is 14.6 Å². The molecule has 4 rings (SSSR count). The molecule has 2 aliphatic rings. The number of ether oxygens (including phenoxy) is 1. The minimum atomic E-state index is -0.173. The molecule has 0 bridgehead atoms. The molecule has 2 heterocycles. The van der Waals surface area contributed by atoms with Crippen LogP contribution < -0.4 is 10.1 Å². The zero-order valence-electron chi connectivity index (χ0n) is 18.2. The third kappa shape index (κ3) is 4.73. The van der Waals surface area contributed by atoms with Crippen LogP contribution in [0.5, 0.6) is 5.75 Å². The summed E-state index contributed by atoms with van der Waals surface area (Å²) >= 11 is 0. The van der Waals surface area contributed by atoms with Gasteiger partial charge in [0, 0.05) is 43.0 Å². The maximum absolute atomic E-state index is 13.3. The molecule has 2 aromatic rings. The number of amides is 2. The van der Waals surface area contributed by atoms with Gasteiger partial charge in [0.15, 0.2) is 0 Å². The molecule has 164 valence electrons. The van der Waals surface area contributed by atoms with Crippen molar-refractivity contribution in [2.24, 2.45) is 11.3 Å². The highest BCUT2D eigenvalue weighted by atomic mass is 16.5. The van der Waals surface area contributed by atoms with Crippen LogP contribution >= 0.6 is 0 Å². The summed E-state index contributed by atoms with van der Waals surface area (Å²) < 4.78 is 5.56. The van der Waals surface area contributed by atoms with E-state index in [0.29, 0.717) is 31.8 Å². The third-order valence-electron chi connectivity index (χ3n) is 6.70. The summed E-state index contributed by atoms with van der Waals surface area (Å²) in [5.74, 6) is 0.683. The van der Waals surface area contributed by atoms with Gasteiger partial charge in [-0.2, -0.15) is 0 Å². The molecule has 1 aliphatic heterocycles. The Balaban J connectivity index is 1.47. The van der Waals surface area contributed by atoms with E-state index in [9.17, 15) is 9.59 Å². The van der Waals surface area contributed by atoms with Crippen molar-refractivity contribution in [3.63, 3.8) is 0 Å². The Morgan fingerprint density at radius 2 is 1.94 bits per heavy atom. The zero-order chi connectivity index (χ0) is 21.7. The maximum atomic E-state index is 13.3. The van der Waals surface area contributed by atoms with Crippen molar-refractivity contribution in [3.05, 3.63) is 59.9 Å². The Morgan fingerprint density at radius 1 is 1.16 bits per heavy atom. The molecule has 1 saturated carbocycles. The number of rotatable bonds is 6. The molecule has 2 amide bonds. The van der Waals surface area contributed by atoms with Crippen molar-refractivity contribution in [2.45, 2.75) is 45.6 Å². The van der Waals surface area contributed by atoms with Crippen molar-refractivity contribution < 1.29 is 14.3 Å². The molecule has 1 aromatic heterocycles. The van der Waals surface area contributed by atoms with Crippen LogP contribution in [0.4, 0.5) is 0 Å². The molecule has 1 spiro atoms. The first-order chi connectivity index (χ1) is 15.1. The lowest BCUT2D eigenvalue weighted by Crippen LogP contribution is -2.42. The van der Waals surface area contributed by atoms with Gasteiger partial charge in [-0.25, -0.2) is 0 Å². The molecule has 31 heavy (non-hydrogen) atoms. The quantitative estimate of drug-likeness (QED) is 0.770. The van der Waals surface area contributed by atoms with E-state index in [4.69, 9.17) is 4.74 Å². The highest BCUT2D eigenvalue weighted by Crippen LogP contribution is 2.48. The molecule has 2 fully saturated rings. The van der Waals surface area contributed by atoms with Crippen LogP contribution in [-0.2, 0) is 11.3 Å². The Labute approximate surface area is 184 Å². The molecule has 1 N–H and O–H groups in total. The fourth-order valence-corrected chi connectivity index (χ4v) is 5.15. The number of carbonyl (C=O) groups excluding carboxylic acids is 2. The molecule has 1 saturated heterocycles. The Hall–Kier alpha value is -2.89. The van der Waals surface area contributed by atoms with Gasteiger partial charge in [0.25, 0.3) is 5.91 Å². The lowest BCUT2D eigenvalue weighted by Gasteiger charge is -2.37. The summed E-state index contributed by atoms with van der Waals surface area (Å²) in [6.45, 7) is 4.17. The standard InChI is InChI=1S/C25H31N3O3/c1-2-31-21-8-6-7-19(15-21)16-27-23(29)22-17-28(18-25(22)11-4-3-5-12-25)24(30)20-9-13-26-14-10-20/h6-10,13-15,22H,2-5,11-12,16-18H2,1H3,(H,27,29)/t22-/m1/s1. The second-order valence-corrected chi connectivity index (χ2v) is 8.70. The minimum absolute atomic E-state index is 0.00735. The number of carbonyl (C=O) groups is 2. The minimum Gasteiger partial charge on any atom is -0.494 e. The summed E-state index contributed by atoms with van der Waals surface area (Å²) in [5, 5.41) is 3.14. The summed E-state index contributed by atoms with van der Waals surface area (Å²) in [4.78, 5) is 32.3. The van der Waals surface area contributed by atoms with E-state index in [0.717, 1.165) is 37.0 Å². The summed E-state index contributed by atoms with van der Waals surface area (Å²) in [5.41, 5.74) is 1.53. The molecule has 1 atom stereocenters. The number of hydrogen-bond acceptors (Lipinski definition) is 4. The lowest BCUT2D eigenvalue weighted by atomic mass is 9.67. The predicted molar refractivity (Wildman–Crippen MR) is 119 cm³/mol. The Kier molecular flexibility index (Phi) is 6.54. The van der Waals surface area contributed by atoms with Crippen molar-refractivity contribution in [1.82, 2.24) is 15.2 Å². The van der Waals surface area contributed by atoms with Gasteiger partial charge in [0.05, 0.1) is 12.5 Å². The van der Waals surface area contributed by atoms with E-state index in [-0.39, 0.29) is 23.1 Å². The molecule has 0 unspecified atom stereocenters. The van der Waals surface area contributed by atoms with Crippen molar-refractivity contribution in [3.8, 4) is 5.75 Å². The van der Waals surface area contributed by atoms with E-state index in [2.05, 4.69) is 10.3 Å². The predicted octanol–water partition coefficient (Wildman–Crippen LogP) is 3.82. The SMILES string of the molecule is CCOc1cccc(CNC(=O)[C@H]2CN(C(=O)c3ccncc3)CC23CCCCC3)c1. The normalized spacial score (nSPS) is 19.9. The van der Waals surface area contributed by atoms with Crippen molar-refractivity contribution in [1.29, 1.82) is 0 Å². The average molecular weight is 422 g/mol. The van der Waals surface area contributed by atoms with E-state index < -0.39 is 0 Å². The molecular weight excluding hydrogens is 390 g/mol. The molecule has 1 aromatic carbocycles. The van der Waals surface area contributed by atoms with E-state index in [1.807, 2.05) is 36.1 Å². The maximum Gasteiger partial charge on any atom is 0.254 e. The van der Waals surface area contributed by atoms with Gasteiger partial charge in [-0.15, -0.1) is 0 Å². The molecule has 1 aliphatic carbocycles. The van der Waals surface area contributed by atoms with Crippen molar-refractivity contribution in [2.75, 3.05) is 19.7 Å². The average Bonchev–Trinajstić information content (AvgIpc) is 3.17. The van der Waals surface area contributed by atoms with Crippen LogP contribution in [-0.4, -0.2) is 41.4 Å². The number of nitrogens with one attached hydrogen (secondary N) is 1. The number of benzene rings is 1. The lowest BCUT2D eigenvalue weighted by molar-refractivity contribution is -0.128. The first-order valence-corrected chi connectivity index (χ1v) is 11.3. The van der Waals surface area contributed by atoms with Crippen molar-refractivity contribution >= 4 is 11.8 Å². The highest BCUT2D eigenvalue weighted by Gasteiger charge is 2.51. The molecular formula is C25H31N3O3. The van der Waals surface area contributed by atoms with Crippen LogP contribution in [0.15, 0.2) is 48.8 Å². The second kappa shape index (κ2) is 9.50. The number of hydrogen-bond donors (Lipinski definition) is 1. The van der Waals surface area contributed by atoms with Gasteiger partial charge in [0.1, 0.15) is 5.75 Å². The Morgan fingerprint density at radius 3 is 2.68 bits per heavy atom. The van der Waals surface area contributed by atoms with Gasteiger partial charge in [-0.1, -0.05) is 31.4 Å². The summed E-state index contributed by atoms with van der Waals surface area (Å²) in [6, 6.07) is 11.3. The van der Waals surface area contributed by atoms with Crippen LogP contribution in [0, 0.1) is 11.3 Å². The number of aromatic nitrogens is 1. The number of likely N-dealkylation sites (tertiary alicyclic amines) is 1. The van der Waals surface area contributed by atoms with E-state index >= 15 is 0 Å². The zero-order valence-corrected chi connectivity index (χ0v) is 18.2. The van der Waals surface area contributed by atoms with Crippen LogP contribution in [0.25, 0.3) is 0 Å². The first kappa shape index (κ1) is 21.3. The second-order valence-electron chi connectivity index (χ2n) is 8.70. The Bertz CT molecular complexity index is 909. The van der Waals surface area contributed by atoms with Crippen LogP contribution in [0.1, 0.15) is 54.9 Å². The molecule has 0 radical (unpaired) electrons. The fourth-order valence-electron chi connectivity index (χ4n) is 5.15. The first-order valence-electron chi connectivity index (χ1n) is 11.3. The van der Waals surface area contributed by atoms with Crippen LogP contribution in [0.2, 0.25) is 0 Å². The van der Waals surface area contributed by atoms with Gasteiger partial charge in [-0.05, 0) is 49.6 Å². The van der Waals surface area contributed by atoms with Gasteiger partial charge >= 0.3 is 0 Å². The van der Waals surface area contributed by atoms with Gasteiger partial charge < -0.3 is 15.0 Å².